The number of allylic oxidation sites excluding steroid dienone is 1. The Balaban J connectivity index is 1.98. The van der Waals surface area contributed by atoms with E-state index in [4.69, 9.17) is 0 Å². The lowest BCUT2D eigenvalue weighted by molar-refractivity contribution is -0.440. The van der Waals surface area contributed by atoms with Crippen LogP contribution in [0.25, 0.3) is 6.08 Å². The van der Waals surface area contributed by atoms with Gasteiger partial charge in [-0.05, 0) is 37.6 Å². The molecule has 0 atom stereocenters. The van der Waals surface area contributed by atoms with Gasteiger partial charge in [0.15, 0.2) is 12.3 Å². The van der Waals surface area contributed by atoms with Gasteiger partial charge in [-0.15, -0.1) is 0 Å². The Hall–Kier alpha value is -2.39. The average Bonchev–Trinajstić information content (AvgIpc) is 2.81. The van der Waals surface area contributed by atoms with E-state index in [9.17, 15) is 5.11 Å². The molecule has 1 N–H and O–H groups in total. The molecule has 130 valence electrons. The summed E-state index contributed by atoms with van der Waals surface area (Å²) in [4.78, 5) is 2.10. The quantitative estimate of drug-likeness (QED) is 0.841. The fourth-order valence-corrected chi connectivity index (χ4v) is 3.54. The third-order valence-corrected chi connectivity index (χ3v) is 4.97. The summed E-state index contributed by atoms with van der Waals surface area (Å²) in [5.74, 6) is 0. The van der Waals surface area contributed by atoms with Crippen molar-refractivity contribution < 1.29 is 9.68 Å². The Bertz CT molecular complexity index is 814. The van der Waals surface area contributed by atoms with Crippen molar-refractivity contribution in [2.45, 2.75) is 19.3 Å². The first-order chi connectivity index (χ1) is 11.9. The zero-order chi connectivity index (χ0) is 18.0. The van der Waals surface area contributed by atoms with E-state index >= 15 is 0 Å². The number of nitrogens with zero attached hydrogens (tertiary/aromatic N) is 2. The maximum absolute atomic E-state index is 9.52. The van der Waals surface area contributed by atoms with Crippen LogP contribution in [0.2, 0.25) is 0 Å². The van der Waals surface area contributed by atoms with Gasteiger partial charge < -0.3 is 10.0 Å². The van der Waals surface area contributed by atoms with Gasteiger partial charge in [-0.2, -0.15) is 4.58 Å². The van der Waals surface area contributed by atoms with E-state index in [1.54, 1.807) is 0 Å². The number of fused-ring (bicyclic) bond motifs is 1. The number of aliphatic hydroxyl groups excluding tert-OH is 1. The first-order valence-corrected chi connectivity index (χ1v) is 8.76. The van der Waals surface area contributed by atoms with Crippen LogP contribution in [0.15, 0.2) is 54.6 Å². The van der Waals surface area contributed by atoms with Crippen LogP contribution in [-0.4, -0.2) is 42.6 Å². The van der Waals surface area contributed by atoms with Gasteiger partial charge in [0.05, 0.1) is 5.41 Å². The minimum Gasteiger partial charge on any atom is -0.390 e. The van der Waals surface area contributed by atoms with E-state index < -0.39 is 0 Å². The molecule has 1 aliphatic heterocycles. The molecule has 0 aromatic heterocycles. The number of rotatable bonds is 5. The van der Waals surface area contributed by atoms with Crippen LogP contribution in [0.3, 0.4) is 0 Å². The second-order valence-corrected chi connectivity index (χ2v) is 7.22. The Kier molecular flexibility index (Phi) is 4.78. The van der Waals surface area contributed by atoms with Gasteiger partial charge in [-0.25, -0.2) is 0 Å². The van der Waals surface area contributed by atoms with Crippen LogP contribution >= 0.6 is 0 Å². The second-order valence-electron chi connectivity index (χ2n) is 7.22. The number of anilines is 1. The van der Waals surface area contributed by atoms with Gasteiger partial charge in [-0.1, -0.05) is 30.3 Å². The summed E-state index contributed by atoms with van der Waals surface area (Å²) < 4.78 is 2.24. The normalized spacial score (nSPS) is 15.7. The molecule has 0 unspecified atom stereocenters. The minimum atomic E-state index is -0.0775. The molecule has 2 aromatic rings. The van der Waals surface area contributed by atoms with Crippen molar-refractivity contribution in [2.75, 3.05) is 32.1 Å². The molecular formula is C22H27N2O+. The van der Waals surface area contributed by atoms with Crippen molar-refractivity contribution >= 4 is 23.2 Å². The zero-order valence-corrected chi connectivity index (χ0v) is 15.5. The van der Waals surface area contributed by atoms with E-state index in [0.29, 0.717) is 6.54 Å². The predicted molar refractivity (Wildman–Crippen MR) is 106 cm³/mol. The standard InChI is InChI=1S/C22H27N2O/c1-22(2)19-7-5-6-8-20(19)24(15-16-25)21(22)14-11-17-9-12-18(13-10-17)23(3)4/h5-14,25H,15-16H2,1-4H3/q+1. The van der Waals surface area contributed by atoms with Gasteiger partial charge in [0.25, 0.3) is 0 Å². The zero-order valence-electron chi connectivity index (χ0n) is 15.5. The molecule has 0 aliphatic carbocycles. The van der Waals surface area contributed by atoms with Crippen molar-refractivity contribution in [1.82, 2.24) is 0 Å². The molecular weight excluding hydrogens is 308 g/mol. The summed E-state index contributed by atoms with van der Waals surface area (Å²) in [5.41, 5.74) is 6.02. The molecule has 3 rings (SSSR count). The first-order valence-electron chi connectivity index (χ1n) is 8.76. The second kappa shape index (κ2) is 6.85. The lowest BCUT2D eigenvalue weighted by Gasteiger charge is -2.15. The molecule has 0 spiro atoms. The lowest BCUT2D eigenvalue weighted by Crippen LogP contribution is -2.28. The van der Waals surface area contributed by atoms with Gasteiger partial charge in [0.1, 0.15) is 6.61 Å². The Morgan fingerprint density at radius 3 is 2.32 bits per heavy atom. The Morgan fingerprint density at radius 1 is 1.00 bits per heavy atom. The van der Waals surface area contributed by atoms with Gasteiger partial charge in [-0.3, -0.25) is 0 Å². The van der Waals surface area contributed by atoms with E-state index in [1.165, 1.54) is 28.2 Å². The van der Waals surface area contributed by atoms with Crippen molar-refractivity contribution in [1.29, 1.82) is 0 Å². The molecule has 0 bridgehead atoms. The lowest BCUT2D eigenvalue weighted by atomic mass is 9.81. The summed E-state index contributed by atoms with van der Waals surface area (Å²) in [6.07, 6.45) is 4.35. The van der Waals surface area contributed by atoms with Crippen LogP contribution in [0.5, 0.6) is 0 Å². The molecule has 1 heterocycles. The number of para-hydroxylation sites is 1. The molecule has 0 fully saturated rings. The highest BCUT2D eigenvalue weighted by molar-refractivity contribution is 6.05. The molecule has 0 amide bonds. The molecule has 3 nitrogen and oxygen atoms in total. The highest BCUT2D eigenvalue weighted by atomic mass is 16.3. The minimum absolute atomic E-state index is 0.0775. The fourth-order valence-electron chi connectivity index (χ4n) is 3.54. The third-order valence-electron chi connectivity index (χ3n) is 4.97. The van der Waals surface area contributed by atoms with Crippen molar-refractivity contribution in [3.8, 4) is 0 Å². The van der Waals surface area contributed by atoms with Gasteiger partial charge in [0, 0.05) is 37.5 Å². The van der Waals surface area contributed by atoms with Crippen LogP contribution in [0.1, 0.15) is 25.0 Å². The van der Waals surface area contributed by atoms with Crippen molar-refractivity contribution in [3.05, 3.63) is 65.7 Å². The smallest absolute Gasteiger partial charge is 0.209 e. The highest BCUT2D eigenvalue weighted by Gasteiger charge is 2.43. The Labute approximate surface area is 150 Å². The fraction of sp³-hybridized carbons (Fsp3) is 0.318. The van der Waals surface area contributed by atoms with Crippen LogP contribution < -0.4 is 4.90 Å². The van der Waals surface area contributed by atoms with Gasteiger partial charge >= 0.3 is 0 Å². The van der Waals surface area contributed by atoms with E-state index in [-0.39, 0.29) is 12.0 Å². The van der Waals surface area contributed by atoms with Gasteiger partial charge in [0.2, 0.25) is 5.69 Å². The number of aliphatic hydroxyl groups is 1. The van der Waals surface area contributed by atoms with Crippen molar-refractivity contribution in [2.24, 2.45) is 0 Å². The predicted octanol–water partition coefficient (Wildman–Crippen LogP) is 3.83. The molecule has 1 aliphatic rings. The number of hydrogen-bond acceptors (Lipinski definition) is 2. The summed E-state index contributed by atoms with van der Waals surface area (Å²) in [7, 11) is 4.09. The molecule has 0 saturated carbocycles. The Morgan fingerprint density at radius 2 is 1.68 bits per heavy atom. The highest BCUT2D eigenvalue weighted by Crippen LogP contribution is 2.39. The molecule has 25 heavy (non-hydrogen) atoms. The monoisotopic (exact) mass is 335 g/mol. The maximum atomic E-state index is 9.52. The number of hydrogen-bond donors (Lipinski definition) is 1. The van der Waals surface area contributed by atoms with Crippen LogP contribution in [-0.2, 0) is 5.41 Å². The molecule has 3 heteroatoms. The third kappa shape index (κ3) is 3.24. The SMILES string of the molecule is CN(C)c1ccc(/C=C/C2=[N+](CCO)c3ccccc3C2(C)C)cc1. The number of benzene rings is 2. The first kappa shape index (κ1) is 17.4. The van der Waals surface area contributed by atoms with E-state index in [1.807, 2.05) is 14.1 Å². The van der Waals surface area contributed by atoms with Crippen LogP contribution in [0.4, 0.5) is 11.4 Å². The van der Waals surface area contributed by atoms with Crippen LogP contribution in [0, 0.1) is 0 Å². The largest absolute Gasteiger partial charge is 0.390 e. The van der Waals surface area contributed by atoms with E-state index in [2.05, 4.69) is 84.0 Å². The maximum Gasteiger partial charge on any atom is 0.209 e. The topological polar surface area (TPSA) is 26.5 Å². The molecule has 0 radical (unpaired) electrons. The average molecular weight is 335 g/mol. The summed E-state index contributed by atoms with van der Waals surface area (Å²) in [6.45, 7) is 5.25. The summed E-state index contributed by atoms with van der Waals surface area (Å²) in [6, 6.07) is 17.0. The summed E-state index contributed by atoms with van der Waals surface area (Å²) >= 11 is 0. The van der Waals surface area contributed by atoms with E-state index in [0.717, 1.165) is 0 Å². The van der Waals surface area contributed by atoms with Crippen molar-refractivity contribution in [3.63, 3.8) is 0 Å². The number of β-amino-alcohol motifs (C(OH)–C–C–N with tert-alkyl or cyclic N) is 1. The molecule has 0 saturated heterocycles. The molecule has 2 aromatic carbocycles. The summed E-state index contributed by atoms with van der Waals surface area (Å²) in [5, 5.41) is 9.52.